The van der Waals surface area contributed by atoms with Crippen molar-refractivity contribution in [2.75, 3.05) is 5.32 Å². The Hall–Kier alpha value is -2.71. The molecule has 5 nitrogen and oxygen atoms in total. The highest BCUT2D eigenvalue weighted by Crippen LogP contribution is 2.33. The Labute approximate surface area is 160 Å². The molecule has 4 aromatic rings. The van der Waals surface area contributed by atoms with Gasteiger partial charge in [-0.25, -0.2) is 9.97 Å². The van der Waals surface area contributed by atoms with Crippen molar-refractivity contribution in [2.45, 2.75) is 6.36 Å². The van der Waals surface area contributed by atoms with Crippen LogP contribution in [0, 0.1) is 0 Å². The smallest absolute Gasteiger partial charge is 0.404 e. The fraction of sp³-hybridized carbons (Fsp3) is 0.0588. The van der Waals surface area contributed by atoms with Gasteiger partial charge in [0.15, 0.2) is 11.5 Å². The van der Waals surface area contributed by atoms with Crippen molar-refractivity contribution in [2.24, 2.45) is 0 Å². The van der Waals surface area contributed by atoms with E-state index in [9.17, 15) is 13.2 Å². The minimum Gasteiger partial charge on any atom is -0.404 e. The lowest BCUT2D eigenvalue weighted by molar-refractivity contribution is -0.274. The minimum absolute atomic E-state index is 0.191. The number of rotatable bonds is 3. The number of nitrogens with zero attached hydrogens (tertiary/aromatic N) is 3. The molecule has 0 unspecified atom stereocenters. The zero-order valence-electron chi connectivity index (χ0n) is 13.3. The molecule has 2 aromatic carbocycles. The standard InChI is InChI=1S/C17H9Cl2F3N4O/c18-9-1-3-12-13(7-9)26-6-5-23-16(26)15(25-12)24-10-2-4-14(11(19)8-10)27-17(20,21)22/h1-8H,(H,24,25). The third kappa shape index (κ3) is 3.58. The van der Waals surface area contributed by atoms with Crippen LogP contribution in [-0.4, -0.2) is 20.7 Å². The van der Waals surface area contributed by atoms with Crippen LogP contribution < -0.4 is 10.1 Å². The number of hydrogen-bond acceptors (Lipinski definition) is 4. The summed E-state index contributed by atoms with van der Waals surface area (Å²) >= 11 is 11.9. The van der Waals surface area contributed by atoms with Gasteiger partial charge in [0, 0.05) is 23.1 Å². The number of benzene rings is 2. The van der Waals surface area contributed by atoms with Gasteiger partial charge in [-0.1, -0.05) is 23.2 Å². The van der Waals surface area contributed by atoms with Gasteiger partial charge in [-0.15, -0.1) is 13.2 Å². The number of halogens is 5. The lowest BCUT2D eigenvalue weighted by Gasteiger charge is -2.13. The van der Waals surface area contributed by atoms with Crippen LogP contribution in [0.1, 0.15) is 0 Å². The molecule has 0 amide bonds. The van der Waals surface area contributed by atoms with E-state index in [4.69, 9.17) is 23.2 Å². The Balaban J connectivity index is 1.74. The highest BCUT2D eigenvalue weighted by atomic mass is 35.5. The van der Waals surface area contributed by atoms with Crippen molar-refractivity contribution >= 4 is 51.4 Å². The molecule has 0 fully saturated rings. The molecule has 2 aromatic heterocycles. The summed E-state index contributed by atoms with van der Waals surface area (Å²) in [4.78, 5) is 8.79. The first-order chi connectivity index (χ1) is 12.8. The first-order valence-electron chi connectivity index (χ1n) is 7.55. The van der Waals surface area contributed by atoms with Crippen LogP contribution in [-0.2, 0) is 0 Å². The SMILES string of the molecule is FC(F)(F)Oc1ccc(Nc2nc3ccc(Cl)cc3n3ccnc23)cc1Cl. The van der Waals surface area contributed by atoms with E-state index in [1.807, 2.05) is 0 Å². The van der Waals surface area contributed by atoms with Gasteiger partial charge >= 0.3 is 6.36 Å². The van der Waals surface area contributed by atoms with Gasteiger partial charge in [-0.2, -0.15) is 0 Å². The summed E-state index contributed by atoms with van der Waals surface area (Å²) < 4.78 is 42.7. The van der Waals surface area contributed by atoms with Gasteiger partial charge in [0.1, 0.15) is 5.75 Å². The van der Waals surface area contributed by atoms with Crippen LogP contribution in [0.3, 0.4) is 0 Å². The van der Waals surface area contributed by atoms with E-state index in [1.165, 1.54) is 12.1 Å². The van der Waals surface area contributed by atoms with Gasteiger partial charge in [0.2, 0.25) is 0 Å². The summed E-state index contributed by atoms with van der Waals surface area (Å²) in [6, 6.07) is 9.08. The van der Waals surface area contributed by atoms with Crippen LogP contribution >= 0.6 is 23.2 Å². The molecule has 0 spiro atoms. The maximum atomic E-state index is 12.4. The summed E-state index contributed by atoms with van der Waals surface area (Å²) in [5.41, 5.74) is 2.39. The molecule has 10 heteroatoms. The average molecular weight is 413 g/mol. The summed E-state index contributed by atoms with van der Waals surface area (Å²) in [5, 5.41) is 3.39. The molecule has 2 heterocycles. The van der Waals surface area contributed by atoms with Crippen molar-refractivity contribution in [1.82, 2.24) is 14.4 Å². The molecule has 0 aliphatic rings. The predicted molar refractivity (Wildman–Crippen MR) is 96.9 cm³/mol. The second-order valence-corrected chi connectivity index (χ2v) is 6.38. The average Bonchev–Trinajstić information content (AvgIpc) is 3.07. The fourth-order valence-corrected chi connectivity index (χ4v) is 3.02. The third-order valence-corrected chi connectivity index (χ3v) is 4.23. The first-order valence-corrected chi connectivity index (χ1v) is 8.30. The number of hydrogen-bond donors (Lipinski definition) is 1. The van der Waals surface area contributed by atoms with Crippen LogP contribution in [0.2, 0.25) is 10.0 Å². The molecule has 0 atom stereocenters. The number of alkyl halides is 3. The Morgan fingerprint density at radius 3 is 2.63 bits per heavy atom. The second-order valence-electron chi connectivity index (χ2n) is 5.53. The molecule has 0 aliphatic carbocycles. The highest BCUT2D eigenvalue weighted by Gasteiger charge is 2.32. The summed E-state index contributed by atoms with van der Waals surface area (Å²) in [7, 11) is 0. The first kappa shape index (κ1) is 17.7. The third-order valence-electron chi connectivity index (χ3n) is 3.70. The molecule has 0 aliphatic heterocycles. The number of ether oxygens (including phenoxy) is 1. The predicted octanol–water partition coefficient (Wildman–Crippen LogP) is 5.83. The Kier molecular flexibility index (Phi) is 4.24. The number of anilines is 2. The molecule has 0 saturated heterocycles. The zero-order valence-corrected chi connectivity index (χ0v) is 14.8. The number of fused-ring (bicyclic) bond motifs is 3. The van der Waals surface area contributed by atoms with Crippen LogP contribution in [0.15, 0.2) is 48.8 Å². The number of aromatic nitrogens is 3. The molecule has 138 valence electrons. The lowest BCUT2D eigenvalue weighted by atomic mass is 10.3. The van der Waals surface area contributed by atoms with E-state index in [2.05, 4.69) is 20.0 Å². The summed E-state index contributed by atoms with van der Waals surface area (Å²) in [6.45, 7) is 0. The molecule has 0 saturated carbocycles. The molecule has 0 bridgehead atoms. The number of nitrogens with one attached hydrogen (secondary N) is 1. The maximum Gasteiger partial charge on any atom is 0.573 e. The van der Waals surface area contributed by atoms with Crippen molar-refractivity contribution < 1.29 is 17.9 Å². The van der Waals surface area contributed by atoms with Gasteiger partial charge in [0.05, 0.1) is 16.1 Å². The lowest BCUT2D eigenvalue weighted by Crippen LogP contribution is -2.17. The van der Waals surface area contributed by atoms with E-state index in [0.717, 1.165) is 11.6 Å². The largest absolute Gasteiger partial charge is 0.573 e. The molecule has 27 heavy (non-hydrogen) atoms. The normalized spacial score (nSPS) is 11.9. The zero-order chi connectivity index (χ0) is 19.2. The molecule has 4 rings (SSSR count). The quantitative estimate of drug-likeness (QED) is 0.459. The highest BCUT2D eigenvalue weighted by molar-refractivity contribution is 6.32. The Bertz CT molecular complexity index is 1160. The molecule has 0 radical (unpaired) electrons. The van der Waals surface area contributed by atoms with Gasteiger partial charge in [0.25, 0.3) is 0 Å². The minimum atomic E-state index is -4.82. The number of imidazole rings is 1. The van der Waals surface area contributed by atoms with Crippen molar-refractivity contribution in [3.8, 4) is 5.75 Å². The fourth-order valence-electron chi connectivity index (χ4n) is 2.63. The summed E-state index contributed by atoms with van der Waals surface area (Å²) in [5.74, 6) is -0.0721. The van der Waals surface area contributed by atoms with E-state index >= 15 is 0 Å². The van der Waals surface area contributed by atoms with E-state index in [0.29, 0.717) is 27.7 Å². The Morgan fingerprint density at radius 1 is 1.07 bits per heavy atom. The van der Waals surface area contributed by atoms with E-state index in [-0.39, 0.29) is 5.02 Å². The second kappa shape index (κ2) is 6.47. The monoisotopic (exact) mass is 412 g/mol. The van der Waals surface area contributed by atoms with Crippen molar-refractivity contribution in [3.05, 3.63) is 58.8 Å². The van der Waals surface area contributed by atoms with Crippen LogP contribution in [0.25, 0.3) is 16.7 Å². The topological polar surface area (TPSA) is 51.5 Å². The summed E-state index contributed by atoms with van der Waals surface area (Å²) in [6.07, 6.45) is -1.45. The van der Waals surface area contributed by atoms with Crippen LogP contribution in [0.5, 0.6) is 5.75 Å². The molecular weight excluding hydrogens is 404 g/mol. The maximum absolute atomic E-state index is 12.4. The van der Waals surface area contributed by atoms with Gasteiger partial charge < -0.3 is 10.1 Å². The molecule has 1 N–H and O–H groups in total. The van der Waals surface area contributed by atoms with Gasteiger partial charge in [-0.3, -0.25) is 4.40 Å². The van der Waals surface area contributed by atoms with E-state index in [1.54, 1.807) is 35.0 Å². The van der Waals surface area contributed by atoms with Crippen molar-refractivity contribution in [1.29, 1.82) is 0 Å². The van der Waals surface area contributed by atoms with Crippen molar-refractivity contribution in [3.63, 3.8) is 0 Å². The van der Waals surface area contributed by atoms with Gasteiger partial charge in [-0.05, 0) is 36.4 Å². The Morgan fingerprint density at radius 2 is 1.89 bits per heavy atom. The van der Waals surface area contributed by atoms with Crippen LogP contribution in [0.4, 0.5) is 24.7 Å². The molecular formula is C17H9Cl2F3N4O. The van der Waals surface area contributed by atoms with E-state index < -0.39 is 12.1 Å².